The highest BCUT2D eigenvalue weighted by molar-refractivity contribution is 5.29. The Bertz CT molecular complexity index is 601. The predicted octanol–water partition coefficient (Wildman–Crippen LogP) is 4.21. The Labute approximate surface area is 123 Å². The molecule has 1 unspecified atom stereocenters. The molecule has 0 radical (unpaired) electrons. The van der Waals surface area contributed by atoms with Crippen LogP contribution >= 0.6 is 0 Å². The molecule has 4 heteroatoms. The van der Waals surface area contributed by atoms with Crippen LogP contribution in [0.1, 0.15) is 31.0 Å². The van der Waals surface area contributed by atoms with Gasteiger partial charge in [-0.15, -0.1) is 0 Å². The summed E-state index contributed by atoms with van der Waals surface area (Å²) < 4.78 is 32.0. The largest absolute Gasteiger partial charge is 0.494 e. The number of hydrogen-bond donors (Lipinski definition) is 1. The molecule has 21 heavy (non-hydrogen) atoms. The molecular weight excluding hydrogens is 272 g/mol. The van der Waals surface area contributed by atoms with Crippen LogP contribution in [-0.4, -0.2) is 6.61 Å². The molecule has 0 spiro atoms. The molecule has 112 valence electrons. The molecule has 2 aromatic carbocycles. The van der Waals surface area contributed by atoms with Crippen molar-refractivity contribution in [3.05, 3.63) is 65.2 Å². The fourth-order valence-electron chi connectivity index (χ4n) is 2.15. The van der Waals surface area contributed by atoms with Crippen molar-refractivity contribution in [2.45, 2.75) is 26.4 Å². The van der Waals surface area contributed by atoms with Crippen molar-refractivity contribution in [1.29, 1.82) is 0 Å². The summed E-state index contributed by atoms with van der Waals surface area (Å²) in [5.41, 5.74) is 1.51. The van der Waals surface area contributed by atoms with Crippen LogP contribution < -0.4 is 10.1 Å². The van der Waals surface area contributed by atoms with Gasteiger partial charge in [-0.3, -0.25) is 0 Å². The lowest BCUT2D eigenvalue weighted by Crippen LogP contribution is -2.19. The molecule has 1 N–H and O–H groups in total. The average molecular weight is 291 g/mol. The molecule has 0 aromatic heterocycles. The highest BCUT2D eigenvalue weighted by Crippen LogP contribution is 2.19. The fourth-order valence-corrected chi connectivity index (χ4v) is 2.15. The standard InChI is InChI=1S/C17H19F2NO/c1-3-21-15-6-4-5-13(9-15)11-20-12(2)16-8-7-14(18)10-17(16)19/h4-10,12,20H,3,11H2,1-2H3. The van der Waals surface area contributed by atoms with E-state index in [1.54, 1.807) is 0 Å². The normalized spacial score (nSPS) is 12.2. The van der Waals surface area contributed by atoms with Crippen molar-refractivity contribution < 1.29 is 13.5 Å². The van der Waals surface area contributed by atoms with Crippen molar-refractivity contribution in [2.75, 3.05) is 6.61 Å². The number of nitrogens with one attached hydrogen (secondary N) is 1. The first-order valence-electron chi connectivity index (χ1n) is 7.00. The summed E-state index contributed by atoms with van der Waals surface area (Å²) >= 11 is 0. The van der Waals surface area contributed by atoms with Gasteiger partial charge in [0.2, 0.25) is 0 Å². The van der Waals surface area contributed by atoms with E-state index in [0.717, 1.165) is 17.4 Å². The zero-order chi connectivity index (χ0) is 15.2. The molecule has 2 rings (SSSR count). The minimum Gasteiger partial charge on any atom is -0.494 e. The average Bonchev–Trinajstić information content (AvgIpc) is 2.45. The SMILES string of the molecule is CCOc1cccc(CNC(C)c2ccc(F)cc2F)c1. The third kappa shape index (κ3) is 4.26. The summed E-state index contributed by atoms with van der Waals surface area (Å²) in [6.07, 6.45) is 0. The molecule has 1 atom stereocenters. The van der Waals surface area contributed by atoms with Crippen LogP contribution in [-0.2, 0) is 6.54 Å². The second-order valence-electron chi connectivity index (χ2n) is 4.85. The van der Waals surface area contributed by atoms with Gasteiger partial charge in [-0.2, -0.15) is 0 Å². The van der Waals surface area contributed by atoms with Gasteiger partial charge in [0.25, 0.3) is 0 Å². The molecule has 0 fully saturated rings. The van der Waals surface area contributed by atoms with Gasteiger partial charge in [-0.05, 0) is 37.6 Å². The fraction of sp³-hybridized carbons (Fsp3) is 0.294. The summed E-state index contributed by atoms with van der Waals surface area (Å²) in [6, 6.07) is 11.2. The van der Waals surface area contributed by atoms with Crippen LogP contribution in [0.3, 0.4) is 0 Å². The van der Waals surface area contributed by atoms with E-state index in [2.05, 4.69) is 5.32 Å². The van der Waals surface area contributed by atoms with E-state index in [1.807, 2.05) is 38.1 Å². The number of halogens is 2. The third-order valence-corrected chi connectivity index (χ3v) is 3.25. The Morgan fingerprint density at radius 2 is 1.95 bits per heavy atom. The van der Waals surface area contributed by atoms with Gasteiger partial charge in [0.1, 0.15) is 17.4 Å². The summed E-state index contributed by atoms with van der Waals surface area (Å²) in [6.45, 7) is 4.99. The van der Waals surface area contributed by atoms with Gasteiger partial charge in [0.05, 0.1) is 6.61 Å². The molecule has 0 aliphatic carbocycles. The molecule has 0 saturated heterocycles. The van der Waals surface area contributed by atoms with E-state index < -0.39 is 11.6 Å². The van der Waals surface area contributed by atoms with Crippen molar-refractivity contribution in [3.63, 3.8) is 0 Å². The number of hydrogen-bond acceptors (Lipinski definition) is 2. The van der Waals surface area contributed by atoms with Gasteiger partial charge in [-0.25, -0.2) is 8.78 Å². The monoisotopic (exact) mass is 291 g/mol. The van der Waals surface area contributed by atoms with Crippen molar-refractivity contribution >= 4 is 0 Å². The van der Waals surface area contributed by atoms with Crippen molar-refractivity contribution in [3.8, 4) is 5.75 Å². The Kier molecular flexibility index (Phi) is 5.28. The lowest BCUT2D eigenvalue weighted by molar-refractivity contribution is 0.339. The second-order valence-corrected chi connectivity index (χ2v) is 4.85. The van der Waals surface area contributed by atoms with Crippen molar-refractivity contribution in [2.24, 2.45) is 0 Å². The van der Waals surface area contributed by atoms with Crippen LogP contribution in [0.5, 0.6) is 5.75 Å². The van der Waals surface area contributed by atoms with E-state index in [9.17, 15) is 8.78 Å². The molecule has 0 heterocycles. The second kappa shape index (κ2) is 7.18. The topological polar surface area (TPSA) is 21.3 Å². The van der Waals surface area contributed by atoms with Crippen LogP contribution in [0, 0.1) is 11.6 Å². The zero-order valence-corrected chi connectivity index (χ0v) is 12.2. The molecule has 0 amide bonds. The van der Waals surface area contributed by atoms with Crippen LogP contribution in [0.4, 0.5) is 8.78 Å². The summed E-state index contributed by atoms with van der Waals surface area (Å²) in [5, 5.41) is 3.23. The lowest BCUT2D eigenvalue weighted by Gasteiger charge is -2.15. The van der Waals surface area contributed by atoms with Gasteiger partial charge in [0.15, 0.2) is 0 Å². The Hall–Kier alpha value is -1.94. The molecule has 0 aliphatic rings. The number of ether oxygens (including phenoxy) is 1. The summed E-state index contributed by atoms with van der Waals surface area (Å²) in [7, 11) is 0. The maximum atomic E-state index is 13.7. The smallest absolute Gasteiger partial charge is 0.130 e. The van der Waals surface area contributed by atoms with E-state index in [4.69, 9.17) is 4.74 Å². The van der Waals surface area contributed by atoms with Crippen LogP contribution in [0.15, 0.2) is 42.5 Å². The minimum absolute atomic E-state index is 0.207. The predicted molar refractivity (Wildman–Crippen MR) is 79.2 cm³/mol. The number of benzene rings is 2. The quantitative estimate of drug-likeness (QED) is 0.860. The van der Waals surface area contributed by atoms with Crippen LogP contribution in [0.2, 0.25) is 0 Å². The first kappa shape index (κ1) is 15.4. The zero-order valence-electron chi connectivity index (χ0n) is 12.2. The first-order chi connectivity index (χ1) is 10.1. The molecular formula is C17H19F2NO. The van der Waals surface area contributed by atoms with Crippen LogP contribution in [0.25, 0.3) is 0 Å². The number of rotatable bonds is 6. The highest BCUT2D eigenvalue weighted by atomic mass is 19.1. The Morgan fingerprint density at radius 1 is 1.14 bits per heavy atom. The van der Waals surface area contributed by atoms with E-state index in [0.29, 0.717) is 18.7 Å². The maximum Gasteiger partial charge on any atom is 0.130 e. The maximum absolute atomic E-state index is 13.7. The highest BCUT2D eigenvalue weighted by Gasteiger charge is 2.11. The van der Waals surface area contributed by atoms with Gasteiger partial charge >= 0.3 is 0 Å². The van der Waals surface area contributed by atoms with Gasteiger partial charge in [-0.1, -0.05) is 18.2 Å². The Balaban J connectivity index is 2.00. The minimum atomic E-state index is -0.562. The molecule has 0 bridgehead atoms. The first-order valence-corrected chi connectivity index (χ1v) is 7.00. The van der Waals surface area contributed by atoms with E-state index in [1.165, 1.54) is 12.1 Å². The molecule has 0 aliphatic heterocycles. The molecule has 0 saturated carbocycles. The Morgan fingerprint density at radius 3 is 2.67 bits per heavy atom. The molecule has 2 aromatic rings. The van der Waals surface area contributed by atoms with Gasteiger partial charge in [0, 0.05) is 24.2 Å². The molecule has 2 nitrogen and oxygen atoms in total. The van der Waals surface area contributed by atoms with E-state index >= 15 is 0 Å². The van der Waals surface area contributed by atoms with E-state index in [-0.39, 0.29) is 6.04 Å². The third-order valence-electron chi connectivity index (χ3n) is 3.25. The van der Waals surface area contributed by atoms with Crippen molar-refractivity contribution in [1.82, 2.24) is 5.32 Å². The summed E-state index contributed by atoms with van der Waals surface area (Å²) in [4.78, 5) is 0. The summed E-state index contributed by atoms with van der Waals surface area (Å²) in [5.74, 6) is -0.275. The van der Waals surface area contributed by atoms with Gasteiger partial charge < -0.3 is 10.1 Å². The lowest BCUT2D eigenvalue weighted by atomic mass is 10.1.